The van der Waals surface area contributed by atoms with Crippen molar-refractivity contribution < 1.29 is 37.3 Å². The van der Waals surface area contributed by atoms with Gasteiger partial charge in [0.15, 0.2) is 0 Å². The van der Waals surface area contributed by atoms with Crippen molar-refractivity contribution in [2.75, 3.05) is 40.9 Å². The third-order valence-electron chi connectivity index (χ3n) is 11.3. The molecule has 3 atom stereocenters. The Morgan fingerprint density at radius 1 is 0.529 bits per heavy atom. The van der Waals surface area contributed by atoms with Crippen molar-refractivity contribution in [2.24, 2.45) is 0 Å². The monoisotopic (exact) mass is 970 g/mol. The summed E-state index contributed by atoms with van der Waals surface area (Å²) in [6.45, 7) is 6.70. The predicted octanol–water partition coefficient (Wildman–Crippen LogP) is 16.0. The lowest BCUT2D eigenvalue weighted by Gasteiger charge is -2.27. The fourth-order valence-electron chi connectivity index (χ4n) is 7.14. The number of esters is 1. The molecule has 0 aromatic rings. The summed E-state index contributed by atoms with van der Waals surface area (Å²) < 4.78 is 30.5. The summed E-state index contributed by atoms with van der Waals surface area (Å²) in [6.07, 6.45) is 62.8. The standard InChI is InChI=1S/C58H101N2O7P/c1-7-10-13-16-19-22-25-28-30-31-32-35-38-41-44-47-50-57(61)59-55(54-66-68(63,64)65-53-52-60(4,5)6)56(49-46-43-40-37-34-27-24-21-18-15-12-9-3)67-58(62)51-48-45-42-39-36-33-29-26-23-20-17-14-11-8-2/h10-11,13-14,19-20,22-23,28,30,32,35,41,44,46,49,55-56H,7-9,12,15-18,21,24-27,29,31,33-34,36-40,42-43,45,47-48,50-54H2,1-6H3,(H-,59,61,63,64)/p+1/b13-10+,14-11+,22-19+,23-20+,30-28+,35-32+,44-41+,49-46+. The number of carbonyl (C=O) groups is 2. The number of ether oxygens (including phenoxy) is 1. The number of nitrogens with zero attached hydrogens (tertiary/aromatic N) is 1. The molecular formula is C58H102N2O7P+. The molecule has 0 spiro atoms. The van der Waals surface area contributed by atoms with Gasteiger partial charge in [-0.2, -0.15) is 0 Å². The van der Waals surface area contributed by atoms with Crippen molar-refractivity contribution in [3.8, 4) is 0 Å². The van der Waals surface area contributed by atoms with Gasteiger partial charge in [-0.25, -0.2) is 4.57 Å². The predicted molar refractivity (Wildman–Crippen MR) is 290 cm³/mol. The summed E-state index contributed by atoms with van der Waals surface area (Å²) in [5.74, 6) is -0.619. The molecule has 10 heteroatoms. The highest BCUT2D eigenvalue weighted by Crippen LogP contribution is 2.43. The van der Waals surface area contributed by atoms with Gasteiger partial charge in [0.1, 0.15) is 19.3 Å². The quantitative estimate of drug-likeness (QED) is 0.0205. The van der Waals surface area contributed by atoms with E-state index in [0.717, 1.165) is 89.9 Å². The van der Waals surface area contributed by atoms with Crippen LogP contribution >= 0.6 is 7.82 Å². The van der Waals surface area contributed by atoms with Crippen LogP contribution in [0.2, 0.25) is 0 Å². The maximum atomic E-state index is 13.4. The van der Waals surface area contributed by atoms with Crippen molar-refractivity contribution in [2.45, 2.75) is 219 Å². The number of likely N-dealkylation sites (N-methyl/N-ethyl adjacent to an activating group) is 1. The number of hydrogen-bond donors (Lipinski definition) is 2. The largest absolute Gasteiger partial charge is 0.472 e. The smallest absolute Gasteiger partial charge is 0.456 e. The first kappa shape index (κ1) is 64.9. The molecule has 0 fully saturated rings. The molecule has 9 nitrogen and oxygen atoms in total. The second-order valence-corrected chi connectivity index (χ2v) is 20.4. The number of unbranched alkanes of at least 4 members (excludes halogenated alkanes) is 17. The average molecular weight is 970 g/mol. The molecule has 0 rings (SSSR count). The number of quaternary nitrogens is 1. The van der Waals surface area contributed by atoms with Gasteiger partial charge in [0, 0.05) is 12.8 Å². The minimum atomic E-state index is -4.47. The van der Waals surface area contributed by atoms with Crippen LogP contribution in [-0.4, -0.2) is 74.3 Å². The number of nitrogens with one attached hydrogen (secondary N) is 1. The molecule has 0 aromatic heterocycles. The molecule has 390 valence electrons. The van der Waals surface area contributed by atoms with Crippen LogP contribution in [0, 0.1) is 0 Å². The fraction of sp³-hybridized carbons (Fsp3) is 0.690. The van der Waals surface area contributed by atoms with Crippen molar-refractivity contribution in [1.29, 1.82) is 0 Å². The summed E-state index contributed by atoms with van der Waals surface area (Å²) >= 11 is 0. The van der Waals surface area contributed by atoms with E-state index in [-0.39, 0.29) is 37.9 Å². The third kappa shape index (κ3) is 48.0. The van der Waals surface area contributed by atoms with Crippen LogP contribution in [0.15, 0.2) is 97.2 Å². The lowest BCUT2D eigenvalue weighted by molar-refractivity contribution is -0.870. The zero-order chi connectivity index (χ0) is 50.1. The van der Waals surface area contributed by atoms with E-state index in [2.05, 4.69) is 99.0 Å². The van der Waals surface area contributed by atoms with Crippen molar-refractivity contribution in [3.05, 3.63) is 97.2 Å². The van der Waals surface area contributed by atoms with E-state index in [1.165, 1.54) is 70.6 Å². The van der Waals surface area contributed by atoms with E-state index >= 15 is 0 Å². The molecule has 0 bridgehead atoms. The van der Waals surface area contributed by atoms with Gasteiger partial charge in [-0.1, -0.05) is 202 Å². The fourth-order valence-corrected chi connectivity index (χ4v) is 7.88. The van der Waals surface area contributed by atoms with E-state index in [9.17, 15) is 19.0 Å². The lowest BCUT2D eigenvalue weighted by atomic mass is 10.1. The maximum absolute atomic E-state index is 13.4. The maximum Gasteiger partial charge on any atom is 0.472 e. The Kier molecular flexibility index (Phi) is 45.5. The van der Waals surface area contributed by atoms with Crippen LogP contribution < -0.4 is 5.32 Å². The molecule has 0 aliphatic carbocycles. The molecule has 0 heterocycles. The molecule has 3 unspecified atom stereocenters. The molecule has 0 saturated heterocycles. The van der Waals surface area contributed by atoms with Gasteiger partial charge in [0.2, 0.25) is 5.91 Å². The Labute approximate surface area is 418 Å². The number of amides is 1. The van der Waals surface area contributed by atoms with Crippen molar-refractivity contribution >= 4 is 19.7 Å². The van der Waals surface area contributed by atoms with Gasteiger partial charge in [0.05, 0.1) is 33.8 Å². The number of allylic oxidation sites excluding steroid dienone is 15. The highest BCUT2D eigenvalue weighted by atomic mass is 31.2. The molecule has 0 saturated carbocycles. The van der Waals surface area contributed by atoms with Crippen LogP contribution in [0.5, 0.6) is 0 Å². The summed E-state index contributed by atoms with van der Waals surface area (Å²) in [4.78, 5) is 37.4. The van der Waals surface area contributed by atoms with Gasteiger partial charge in [0.25, 0.3) is 0 Å². The third-order valence-corrected chi connectivity index (χ3v) is 12.3. The van der Waals surface area contributed by atoms with Crippen LogP contribution in [0.25, 0.3) is 0 Å². The van der Waals surface area contributed by atoms with Crippen molar-refractivity contribution in [1.82, 2.24) is 5.32 Å². The molecular weight excluding hydrogens is 868 g/mol. The summed E-state index contributed by atoms with van der Waals surface area (Å²) in [5, 5.41) is 2.99. The lowest BCUT2D eigenvalue weighted by Crippen LogP contribution is -2.47. The molecule has 68 heavy (non-hydrogen) atoms. The Morgan fingerprint density at radius 3 is 1.44 bits per heavy atom. The number of phosphoric ester groups is 1. The topological polar surface area (TPSA) is 111 Å². The van der Waals surface area contributed by atoms with Crippen LogP contribution in [0.4, 0.5) is 0 Å². The SMILES string of the molecule is CC/C=C/C/C=C/C/C=C/C/C=C/C/C=C/CCC(=O)NC(COP(=O)(O)OCC[N+](C)(C)C)C(/C=C/CCCCCCCCCCCC)OC(=O)CCCCCCCCC/C=C/C/C=C/CC. The average Bonchev–Trinajstić information content (AvgIpc) is 3.29. The van der Waals surface area contributed by atoms with Gasteiger partial charge >= 0.3 is 13.8 Å². The first-order chi connectivity index (χ1) is 32.9. The zero-order valence-corrected chi connectivity index (χ0v) is 45.2. The van der Waals surface area contributed by atoms with E-state index in [1.807, 2.05) is 45.4 Å². The van der Waals surface area contributed by atoms with Gasteiger partial charge in [-0.3, -0.25) is 18.6 Å². The number of carbonyl (C=O) groups excluding carboxylic acids is 2. The molecule has 1 amide bonds. The summed E-state index contributed by atoms with van der Waals surface area (Å²) in [5.41, 5.74) is 0. The second-order valence-electron chi connectivity index (χ2n) is 19.0. The van der Waals surface area contributed by atoms with Gasteiger partial charge < -0.3 is 19.4 Å². The minimum Gasteiger partial charge on any atom is -0.456 e. The summed E-state index contributed by atoms with van der Waals surface area (Å²) in [7, 11) is 1.43. The van der Waals surface area contributed by atoms with E-state index < -0.39 is 20.0 Å². The molecule has 0 aliphatic heterocycles. The van der Waals surface area contributed by atoms with E-state index in [1.54, 1.807) is 0 Å². The Bertz CT molecular complexity index is 1490. The highest BCUT2D eigenvalue weighted by molar-refractivity contribution is 7.47. The number of hydrogen-bond acceptors (Lipinski definition) is 6. The molecule has 2 N–H and O–H groups in total. The number of phosphoric acid groups is 1. The second kappa shape index (κ2) is 47.6. The van der Waals surface area contributed by atoms with Gasteiger partial charge in [-0.05, 0) is 89.5 Å². The van der Waals surface area contributed by atoms with Crippen LogP contribution in [-0.2, 0) is 27.9 Å². The molecule has 0 radical (unpaired) electrons. The molecule has 0 aromatic carbocycles. The van der Waals surface area contributed by atoms with Crippen molar-refractivity contribution in [3.63, 3.8) is 0 Å². The first-order valence-electron chi connectivity index (χ1n) is 27.1. The number of rotatable bonds is 47. The highest BCUT2D eigenvalue weighted by Gasteiger charge is 2.30. The van der Waals surface area contributed by atoms with Crippen LogP contribution in [0.3, 0.4) is 0 Å². The van der Waals surface area contributed by atoms with E-state index in [4.69, 9.17) is 13.8 Å². The Hall–Kier alpha value is -3.07. The minimum absolute atomic E-state index is 0.0211. The Morgan fingerprint density at radius 2 is 0.956 bits per heavy atom. The summed E-state index contributed by atoms with van der Waals surface area (Å²) in [6, 6.07) is -0.895. The first-order valence-corrected chi connectivity index (χ1v) is 28.6. The zero-order valence-electron chi connectivity index (χ0n) is 44.3. The normalized spacial score (nSPS) is 14.6. The molecule has 0 aliphatic rings. The Balaban J connectivity index is 5.53. The van der Waals surface area contributed by atoms with E-state index in [0.29, 0.717) is 23.9 Å². The van der Waals surface area contributed by atoms with Crippen LogP contribution in [0.1, 0.15) is 207 Å². The van der Waals surface area contributed by atoms with Gasteiger partial charge in [-0.15, -0.1) is 0 Å².